The number of ether oxygens (including phenoxy) is 1. The molecule has 0 aromatic rings. The Labute approximate surface area is 191 Å². The molecule has 1 saturated carbocycles. The molecule has 180 valence electrons. The fraction of sp³-hybridized carbons (Fsp3) is 0.769. The van der Waals surface area contributed by atoms with E-state index < -0.39 is 24.2 Å². The van der Waals surface area contributed by atoms with Gasteiger partial charge in [0.05, 0.1) is 24.7 Å². The number of allylic oxidation sites excluding steroid dienone is 4. The van der Waals surface area contributed by atoms with Gasteiger partial charge in [-0.3, -0.25) is 9.59 Å². The number of hydrogen-bond acceptors (Lipinski definition) is 6. The third-order valence-electron chi connectivity index (χ3n) is 7.87. The average Bonchev–Trinajstić information content (AvgIpc) is 3.32. The van der Waals surface area contributed by atoms with Gasteiger partial charge >= 0.3 is 5.97 Å². The van der Waals surface area contributed by atoms with Crippen LogP contribution < -0.4 is 0 Å². The minimum Gasteiger partial charge on any atom is -0.460 e. The molecule has 10 atom stereocenters. The van der Waals surface area contributed by atoms with Crippen LogP contribution in [0.3, 0.4) is 0 Å². The molecule has 2 fully saturated rings. The SMILES string of the molecule is CC.CC(O)C1CCCC(O)C(C)C(=O)C2=CC3C(C=CC4CC(O)CC43)C2CC(=O)O1. The zero-order valence-electron chi connectivity index (χ0n) is 19.8. The number of carbonyl (C=O) groups is 2. The Balaban J connectivity index is 0.00000141. The van der Waals surface area contributed by atoms with Gasteiger partial charge in [-0.05, 0) is 68.3 Å². The van der Waals surface area contributed by atoms with Crippen LogP contribution in [-0.2, 0) is 14.3 Å². The van der Waals surface area contributed by atoms with Crippen molar-refractivity contribution in [3.8, 4) is 0 Å². The summed E-state index contributed by atoms with van der Waals surface area (Å²) in [5.41, 5.74) is 0.634. The van der Waals surface area contributed by atoms with Gasteiger partial charge in [-0.2, -0.15) is 0 Å². The summed E-state index contributed by atoms with van der Waals surface area (Å²) in [6.45, 7) is 7.37. The molecule has 0 amide bonds. The zero-order chi connectivity index (χ0) is 23.6. The van der Waals surface area contributed by atoms with Gasteiger partial charge in [0.1, 0.15) is 6.10 Å². The number of carbonyl (C=O) groups excluding carboxylic acids is 2. The van der Waals surface area contributed by atoms with E-state index in [-0.39, 0.29) is 47.9 Å². The zero-order valence-corrected chi connectivity index (χ0v) is 19.8. The molecule has 0 spiro atoms. The molecule has 0 bridgehead atoms. The first kappa shape index (κ1) is 25.1. The highest BCUT2D eigenvalue weighted by Crippen LogP contribution is 2.53. The number of rotatable bonds is 1. The Bertz CT molecular complexity index is 741. The number of ketones is 1. The van der Waals surface area contributed by atoms with E-state index in [9.17, 15) is 24.9 Å². The van der Waals surface area contributed by atoms with E-state index in [4.69, 9.17) is 4.74 Å². The maximum atomic E-state index is 13.3. The first-order valence-electron chi connectivity index (χ1n) is 12.4. The van der Waals surface area contributed by atoms with Crippen LogP contribution in [-0.4, -0.2) is 51.5 Å². The second-order valence-electron chi connectivity index (χ2n) is 9.85. The van der Waals surface area contributed by atoms with Crippen LogP contribution in [0.2, 0.25) is 0 Å². The largest absolute Gasteiger partial charge is 0.460 e. The van der Waals surface area contributed by atoms with Crippen molar-refractivity contribution in [2.45, 2.75) is 90.6 Å². The van der Waals surface area contributed by atoms with Gasteiger partial charge in [0, 0.05) is 11.8 Å². The molecule has 1 saturated heterocycles. The van der Waals surface area contributed by atoms with Crippen LogP contribution in [0.25, 0.3) is 0 Å². The molecule has 1 heterocycles. The molecule has 4 rings (SSSR count). The lowest BCUT2D eigenvalue weighted by Crippen LogP contribution is -2.35. The van der Waals surface area contributed by atoms with Crippen LogP contribution in [0, 0.1) is 35.5 Å². The number of fused-ring (bicyclic) bond motifs is 5. The molecule has 6 nitrogen and oxygen atoms in total. The predicted octanol–water partition coefficient (Wildman–Crippen LogP) is 3.19. The van der Waals surface area contributed by atoms with E-state index in [1.54, 1.807) is 13.8 Å². The van der Waals surface area contributed by atoms with Crippen LogP contribution in [0.5, 0.6) is 0 Å². The number of hydrogen-bond donors (Lipinski definition) is 3. The highest BCUT2D eigenvalue weighted by molar-refractivity contribution is 5.99. The van der Waals surface area contributed by atoms with Crippen molar-refractivity contribution in [2.75, 3.05) is 0 Å². The Kier molecular flexibility index (Phi) is 8.34. The number of esters is 1. The van der Waals surface area contributed by atoms with Gasteiger partial charge in [-0.15, -0.1) is 0 Å². The first-order chi connectivity index (χ1) is 15.3. The summed E-state index contributed by atoms with van der Waals surface area (Å²) in [5, 5.41) is 30.8. The Morgan fingerprint density at radius 2 is 1.78 bits per heavy atom. The molecule has 0 aromatic carbocycles. The summed E-state index contributed by atoms with van der Waals surface area (Å²) in [7, 11) is 0. The van der Waals surface area contributed by atoms with Crippen molar-refractivity contribution in [2.24, 2.45) is 35.5 Å². The topological polar surface area (TPSA) is 104 Å². The number of Topliss-reactive ketones (excluding diaryl/α,β-unsaturated/α-hetero) is 1. The summed E-state index contributed by atoms with van der Waals surface area (Å²) in [5.74, 6) is -0.547. The molecule has 1 aliphatic heterocycles. The molecule has 10 unspecified atom stereocenters. The Hall–Kier alpha value is -1.50. The highest BCUT2D eigenvalue weighted by Gasteiger charge is 2.49. The maximum Gasteiger partial charge on any atom is 0.306 e. The third-order valence-corrected chi connectivity index (χ3v) is 7.87. The lowest BCUT2D eigenvalue weighted by Gasteiger charge is -2.34. The van der Waals surface area contributed by atoms with Gasteiger partial charge in [-0.1, -0.05) is 39.0 Å². The quantitative estimate of drug-likeness (QED) is 0.420. The van der Waals surface area contributed by atoms with Crippen LogP contribution in [0.4, 0.5) is 0 Å². The van der Waals surface area contributed by atoms with Crippen molar-refractivity contribution >= 4 is 11.8 Å². The third kappa shape index (κ3) is 5.02. The second kappa shape index (κ2) is 10.6. The Morgan fingerprint density at radius 3 is 2.47 bits per heavy atom. The summed E-state index contributed by atoms with van der Waals surface area (Å²) in [4.78, 5) is 26.1. The molecule has 4 aliphatic rings. The summed E-state index contributed by atoms with van der Waals surface area (Å²) >= 11 is 0. The van der Waals surface area contributed by atoms with Crippen molar-refractivity contribution in [1.29, 1.82) is 0 Å². The fourth-order valence-electron chi connectivity index (χ4n) is 6.12. The van der Waals surface area contributed by atoms with Crippen molar-refractivity contribution in [3.63, 3.8) is 0 Å². The minimum absolute atomic E-state index is 0.0281. The molecule has 6 heteroatoms. The Morgan fingerprint density at radius 1 is 1.06 bits per heavy atom. The van der Waals surface area contributed by atoms with E-state index >= 15 is 0 Å². The first-order valence-corrected chi connectivity index (χ1v) is 12.4. The maximum absolute atomic E-state index is 13.3. The van der Waals surface area contributed by atoms with Crippen molar-refractivity contribution in [3.05, 3.63) is 23.8 Å². The lowest BCUT2D eigenvalue weighted by atomic mass is 9.70. The van der Waals surface area contributed by atoms with Gasteiger partial charge in [0.2, 0.25) is 0 Å². The summed E-state index contributed by atoms with van der Waals surface area (Å²) in [6.07, 6.45) is 6.86. The second-order valence-corrected chi connectivity index (χ2v) is 9.85. The van der Waals surface area contributed by atoms with Crippen molar-refractivity contribution < 1.29 is 29.6 Å². The van der Waals surface area contributed by atoms with Gasteiger partial charge in [0.15, 0.2) is 5.78 Å². The number of cyclic esters (lactones) is 1. The van der Waals surface area contributed by atoms with E-state index in [2.05, 4.69) is 12.2 Å². The summed E-state index contributed by atoms with van der Waals surface area (Å²) < 4.78 is 5.60. The van der Waals surface area contributed by atoms with Gasteiger partial charge < -0.3 is 20.1 Å². The fourth-order valence-corrected chi connectivity index (χ4v) is 6.12. The molecule has 32 heavy (non-hydrogen) atoms. The standard InChI is InChI=1S/C24H34O6.C2H6/c1-12-21(27)4-3-5-22(13(2)25)30-23(28)11-19-16-7-6-14-8-15(26)9-17(14)18(16)10-20(19)24(12)29;1-2/h6-7,10,12-19,21-22,25-27H,3-5,8-9,11H2,1-2H3;1-2H3. The van der Waals surface area contributed by atoms with E-state index in [1.165, 1.54) is 0 Å². The van der Waals surface area contributed by atoms with E-state index in [1.807, 2.05) is 19.9 Å². The molecule has 3 N–H and O–H groups in total. The summed E-state index contributed by atoms with van der Waals surface area (Å²) in [6, 6.07) is 0. The molecule has 3 aliphatic carbocycles. The molecule has 0 aromatic heterocycles. The smallest absolute Gasteiger partial charge is 0.306 e. The minimum atomic E-state index is -0.783. The lowest BCUT2D eigenvalue weighted by molar-refractivity contribution is -0.156. The molecule has 0 radical (unpaired) electrons. The van der Waals surface area contributed by atoms with Crippen molar-refractivity contribution in [1.82, 2.24) is 0 Å². The average molecular weight is 449 g/mol. The predicted molar refractivity (Wildman–Crippen MR) is 121 cm³/mol. The molecular formula is C26H40O6. The molecular weight excluding hydrogens is 408 g/mol. The van der Waals surface area contributed by atoms with Crippen LogP contribution in [0.1, 0.15) is 66.2 Å². The van der Waals surface area contributed by atoms with E-state index in [0.717, 1.165) is 6.42 Å². The van der Waals surface area contributed by atoms with Crippen LogP contribution >= 0.6 is 0 Å². The number of aliphatic hydroxyl groups excluding tert-OH is 3. The van der Waals surface area contributed by atoms with Crippen LogP contribution in [0.15, 0.2) is 23.8 Å². The highest BCUT2D eigenvalue weighted by atomic mass is 16.6. The van der Waals surface area contributed by atoms with E-state index in [0.29, 0.717) is 37.2 Å². The monoisotopic (exact) mass is 448 g/mol. The number of aliphatic hydroxyl groups is 3. The normalized spacial score (nSPS) is 42.7. The van der Waals surface area contributed by atoms with Gasteiger partial charge in [0.25, 0.3) is 0 Å². The van der Waals surface area contributed by atoms with Gasteiger partial charge in [-0.25, -0.2) is 0 Å².